The number of rotatable bonds is 6. The van der Waals surface area contributed by atoms with E-state index in [1.807, 2.05) is 34.6 Å². The Bertz CT molecular complexity index is 1060. The number of nitrogens with zero attached hydrogens (tertiary/aromatic N) is 2. The van der Waals surface area contributed by atoms with Gasteiger partial charge in [-0.25, -0.2) is 13.1 Å². The van der Waals surface area contributed by atoms with E-state index in [9.17, 15) is 13.2 Å². The lowest BCUT2D eigenvalue weighted by Gasteiger charge is -2.28. The third-order valence-electron chi connectivity index (χ3n) is 6.06. The molecular formula is C23H34N4O4S. The molecule has 1 aliphatic heterocycles. The third kappa shape index (κ3) is 5.32. The molecule has 2 aromatic rings. The number of aryl methyl sites for hydroxylation is 2. The molecule has 176 valence electrons. The molecule has 0 radical (unpaired) electrons. The Labute approximate surface area is 190 Å². The van der Waals surface area contributed by atoms with Crippen LogP contribution in [-0.2, 0) is 14.8 Å². The third-order valence-corrected chi connectivity index (χ3v) is 7.41. The van der Waals surface area contributed by atoms with Crippen molar-refractivity contribution >= 4 is 21.7 Å². The topological polar surface area (TPSA) is 102 Å². The maximum Gasteiger partial charge on any atom is 0.263 e. The number of benzene rings is 1. The summed E-state index contributed by atoms with van der Waals surface area (Å²) in [5.74, 6) is -0.140. The van der Waals surface area contributed by atoms with Crippen molar-refractivity contribution in [3.05, 3.63) is 41.1 Å². The van der Waals surface area contributed by atoms with Crippen LogP contribution in [0.4, 0.5) is 5.82 Å². The molecular weight excluding hydrogens is 428 g/mol. The minimum absolute atomic E-state index is 0.0558. The number of carbonyl (C=O) groups is 1. The summed E-state index contributed by atoms with van der Waals surface area (Å²) in [6, 6.07) is 6.42. The molecule has 9 heteroatoms. The van der Waals surface area contributed by atoms with Crippen LogP contribution in [0, 0.1) is 19.3 Å². The van der Waals surface area contributed by atoms with Gasteiger partial charge in [0.25, 0.3) is 15.9 Å². The minimum atomic E-state index is -3.91. The number of carbonyl (C=O) groups excluding carboxylic acids is 1. The van der Waals surface area contributed by atoms with E-state index >= 15 is 0 Å². The monoisotopic (exact) mass is 462 g/mol. The molecule has 0 saturated carbocycles. The van der Waals surface area contributed by atoms with Gasteiger partial charge in [-0.1, -0.05) is 38.5 Å². The van der Waals surface area contributed by atoms with Crippen molar-refractivity contribution in [2.24, 2.45) is 5.41 Å². The van der Waals surface area contributed by atoms with Crippen molar-refractivity contribution in [1.29, 1.82) is 0 Å². The second kappa shape index (κ2) is 9.23. The molecule has 2 N–H and O–H groups in total. The van der Waals surface area contributed by atoms with Gasteiger partial charge in [0.2, 0.25) is 0 Å². The number of aromatic nitrogens is 2. The summed E-state index contributed by atoms with van der Waals surface area (Å²) >= 11 is 0. The van der Waals surface area contributed by atoms with Gasteiger partial charge in [0, 0.05) is 19.3 Å². The Kier molecular flexibility index (Phi) is 7.00. The lowest BCUT2D eigenvalue weighted by molar-refractivity contribution is 0.0668. The predicted molar refractivity (Wildman–Crippen MR) is 124 cm³/mol. The first-order valence-corrected chi connectivity index (χ1v) is 12.5. The molecule has 8 nitrogen and oxygen atoms in total. The Hall–Kier alpha value is -2.39. The molecule has 1 fully saturated rings. The maximum atomic E-state index is 13.3. The molecule has 1 atom stereocenters. The number of sulfonamides is 1. The molecule has 1 aliphatic rings. The molecule has 32 heavy (non-hydrogen) atoms. The number of hydrogen-bond acceptors (Lipinski definition) is 5. The molecule has 0 spiro atoms. The summed E-state index contributed by atoms with van der Waals surface area (Å²) in [5, 5.41) is 7.60. The van der Waals surface area contributed by atoms with Crippen LogP contribution < -0.4 is 10.0 Å². The first kappa shape index (κ1) is 24.3. The van der Waals surface area contributed by atoms with Crippen molar-refractivity contribution in [1.82, 2.24) is 15.1 Å². The second-order valence-corrected chi connectivity index (χ2v) is 11.3. The smallest absolute Gasteiger partial charge is 0.263 e. The molecule has 0 unspecified atom stereocenters. The van der Waals surface area contributed by atoms with Crippen molar-refractivity contribution in [3.63, 3.8) is 0 Å². The fourth-order valence-electron chi connectivity index (χ4n) is 3.50. The molecule has 0 aliphatic carbocycles. The van der Waals surface area contributed by atoms with E-state index in [1.165, 1.54) is 0 Å². The van der Waals surface area contributed by atoms with E-state index in [4.69, 9.17) is 4.74 Å². The lowest BCUT2D eigenvalue weighted by atomic mass is 9.88. The van der Waals surface area contributed by atoms with Crippen LogP contribution in [0.1, 0.15) is 68.2 Å². The van der Waals surface area contributed by atoms with Gasteiger partial charge in [-0.15, -0.1) is 0 Å². The fourth-order valence-corrected chi connectivity index (χ4v) is 4.56. The van der Waals surface area contributed by atoms with E-state index < -0.39 is 10.0 Å². The second-order valence-electron chi connectivity index (χ2n) is 9.58. The van der Waals surface area contributed by atoms with Gasteiger partial charge < -0.3 is 10.1 Å². The van der Waals surface area contributed by atoms with Crippen LogP contribution >= 0.6 is 0 Å². The SMILES string of the molecule is Cc1ccc(S(=O)(=O)Nc2c(C(=O)N[C@@H](C)C(C)(C)C)c(C)nn2C2CCOCC2)cc1. The van der Waals surface area contributed by atoms with E-state index in [-0.39, 0.29) is 39.7 Å². The average Bonchev–Trinajstić information content (AvgIpc) is 3.03. The number of nitrogens with one attached hydrogen (secondary N) is 2. The Morgan fingerprint density at radius 1 is 1.16 bits per heavy atom. The van der Waals surface area contributed by atoms with Crippen LogP contribution in [0.5, 0.6) is 0 Å². The highest BCUT2D eigenvalue weighted by atomic mass is 32.2. The van der Waals surface area contributed by atoms with Gasteiger partial charge in [0.05, 0.1) is 16.6 Å². The van der Waals surface area contributed by atoms with Crippen LogP contribution in [0.2, 0.25) is 0 Å². The standard InChI is InChI=1S/C23H34N4O4S/c1-15-7-9-19(10-8-15)32(29,30)26-21-20(22(28)24-17(3)23(4,5)6)16(2)25-27(21)18-11-13-31-14-12-18/h7-10,17-18,26H,11-14H2,1-6H3,(H,24,28)/t17-/m0/s1. The van der Waals surface area contributed by atoms with E-state index in [0.717, 1.165) is 5.56 Å². The van der Waals surface area contributed by atoms with E-state index in [1.54, 1.807) is 35.9 Å². The average molecular weight is 463 g/mol. The Balaban J connectivity index is 2.04. The molecule has 0 bridgehead atoms. The highest BCUT2D eigenvalue weighted by Gasteiger charge is 2.31. The quantitative estimate of drug-likeness (QED) is 0.679. The Morgan fingerprint density at radius 3 is 2.31 bits per heavy atom. The van der Waals surface area contributed by atoms with E-state index in [2.05, 4.69) is 15.1 Å². The summed E-state index contributed by atoms with van der Waals surface area (Å²) in [4.78, 5) is 13.4. The van der Waals surface area contributed by atoms with Crippen molar-refractivity contribution in [2.45, 2.75) is 71.4 Å². The molecule has 1 amide bonds. The number of amides is 1. The van der Waals surface area contributed by atoms with Crippen molar-refractivity contribution < 1.29 is 17.9 Å². The van der Waals surface area contributed by atoms with Gasteiger partial charge in [-0.05, 0) is 51.2 Å². The van der Waals surface area contributed by atoms with Crippen LogP contribution in [0.15, 0.2) is 29.2 Å². The van der Waals surface area contributed by atoms with Crippen LogP contribution in [0.3, 0.4) is 0 Å². The zero-order valence-corrected chi connectivity index (χ0v) is 20.5. The van der Waals surface area contributed by atoms with E-state index in [0.29, 0.717) is 31.7 Å². The molecule has 1 aromatic heterocycles. The minimum Gasteiger partial charge on any atom is -0.381 e. The summed E-state index contributed by atoms with van der Waals surface area (Å²) < 4.78 is 36.2. The highest BCUT2D eigenvalue weighted by molar-refractivity contribution is 7.92. The lowest BCUT2D eigenvalue weighted by Crippen LogP contribution is -2.41. The largest absolute Gasteiger partial charge is 0.381 e. The van der Waals surface area contributed by atoms with Crippen LogP contribution in [-0.4, -0.2) is 43.4 Å². The van der Waals surface area contributed by atoms with Gasteiger partial charge in [-0.2, -0.15) is 5.10 Å². The van der Waals surface area contributed by atoms with Gasteiger partial charge in [-0.3, -0.25) is 9.52 Å². The molecule has 1 saturated heterocycles. The summed E-state index contributed by atoms with van der Waals surface area (Å²) in [7, 11) is -3.91. The van der Waals surface area contributed by atoms with Gasteiger partial charge in [0.1, 0.15) is 5.56 Å². The number of hydrogen-bond donors (Lipinski definition) is 2. The van der Waals surface area contributed by atoms with Crippen molar-refractivity contribution in [3.8, 4) is 0 Å². The maximum absolute atomic E-state index is 13.3. The molecule has 3 rings (SSSR count). The zero-order chi connectivity index (χ0) is 23.7. The molecule has 2 heterocycles. The summed E-state index contributed by atoms with van der Waals surface area (Å²) in [6.07, 6.45) is 1.39. The summed E-state index contributed by atoms with van der Waals surface area (Å²) in [6.45, 7) is 12.8. The normalized spacial score (nSPS) is 16.6. The number of ether oxygens (including phenoxy) is 1. The predicted octanol–water partition coefficient (Wildman–Crippen LogP) is 3.82. The Morgan fingerprint density at radius 2 is 1.75 bits per heavy atom. The fraction of sp³-hybridized carbons (Fsp3) is 0.565. The van der Waals surface area contributed by atoms with Crippen molar-refractivity contribution in [2.75, 3.05) is 17.9 Å². The zero-order valence-electron chi connectivity index (χ0n) is 19.7. The van der Waals surface area contributed by atoms with Crippen LogP contribution in [0.25, 0.3) is 0 Å². The molecule has 1 aromatic carbocycles. The van der Waals surface area contributed by atoms with Gasteiger partial charge >= 0.3 is 0 Å². The highest BCUT2D eigenvalue weighted by Crippen LogP contribution is 2.31. The summed E-state index contributed by atoms with van der Waals surface area (Å²) in [5.41, 5.74) is 1.55. The number of anilines is 1. The van der Waals surface area contributed by atoms with Gasteiger partial charge in [0.15, 0.2) is 5.82 Å². The first-order chi connectivity index (χ1) is 14.9. The first-order valence-electron chi connectivity index (χ1n) is 11.0.